The second-order valence-electron chi connectivity index (χ2n) is 3.34. The molecular weight excluding hydrogens is 191 g/mol. The van der Waals surface area contributed by atoms with Gasteiger partial charge >= 0.3 is 0 Å². The number of hydrogen-bond donors (Lipinski definition) is 1. The lowest BCUT2D eigenvalue weighted by molar-refractivity contribution is 0.585. The number of nitrogens with zero attached hydrogens (tertiary/aromatic N) is 1. The van der Waals surface area contributed by atoms with Crippen LogP contribution in [0, 0.1) is 12.9 Å². The van der Waals surface area contributed by atoms with E-state index in [1.165, 1.54) is 6.07 Å². The summed E-state index contributed by atoms with van der Waals surface area (Å²) in [5.41, 5.74) is 2.06. The molecule has 0 aliphatic heterocycles. The van der Waals surface area contributed by atoms with Gasteiger partial charge in [0, 0.05) is 5.69 Å². The van der Waals surface area contributed by atoms with E-state index in [-0.39, 0.29) is 0 Å². The zero-order valence-corrected chi connectivity index (χ0v) is 8.37. The van der Waals surface area contributed by atoms with E-state index in [2.05, 4.69) is 10.3 Å². The Bertz CT molecular complexity index is 425. The van der Waals surface area contributed by atoms with Gasteiger partial charge in [0.1, 0.15) is 5.82 Å². The fourth-order valence-electron chi connectivity index (χ4n) is 1.35. The molecule has 0 amide bonds. The van der Waals surface area contributed by atoms with E-state index in [1.807, 2.05) is 31.2 Å². The molecule has 0 aliphatic rings. The molecule has 0 spiro atoms. The third-order valence-corrected chi connectivity index (χ3v) is 2.01. The summed E-state index contributed by atoms with van der Waals surface area (Å²) < 4.78 is 12.8. The minimum atomic E-state index is -0.479. The lowest BCUT2D eigenvalue weighted by Gasteiger charge is -2.05. The number of hydrogen-bond acceptors (Lipinski definition) is 2. The maximum absolute atomic E-state index is 12.8. The fraction of sp³-hybridized carbons (Fsp3) is 0.0833. The molecule has 0 fully saturated rings. The molecule has 0 unspecified atom stereocenters. The largest absolute Gasteiger partial charge is 0.340 e. The number of benzene rings is 1. The lowest BCUT2D eigenvalue weighted by Crippen LogP contribution is -1.94. The van der Waals surface area contributed by atoms with E-state index in [0.29, 0.717) is 5.82 Å². The second-order valence-corrected chi connectivity index (χ2v) is 3.34. The number of anilines is 2. The van der Waals surface area contributed by atoms with Gasteiger partial charge < -0.3 is 5.32 Å². The Balaban J connectivity index is 2.22. The summed E-state index contributed by atoms with van der Waals surface area (Å²) in [6.45, 7) is 2.00. The number of rotatable bonds is 2. The van der Waals surface area contributed by atoms with E-state index in [9.17, 15) is 4.39 Å². The minimum Gasteiger partial charge on any atom is -0.340 e. The van der Waals surface area contributed by atoms with Crippen molar-refractivity contribution >= 4 is 11.5 Å². The molecule has 0 aliphatic carbocycles. The fourth-order valence-corrected chi connectivity index (χ4v) is 1.35. The van der Waals surface area contributed by atoms with Crippen molar-refractivity contribution in [3.8, 4) is 0 Å². The second kappa shape index (κ2) is 4.09. The number of aromatic nitrogens is 1. The Morgan fingerprint density at radius 3 is 2.67 bits per heavy atom. The summed E-state index contributed by atoms with van der Waals surface area (Å²) in [5.74, 6) is 0.0354. The van der Waals surface area contributed by atoms with Crippen molar-refractivity contribution in [2.45, 2.75) is 6.92 Å². The Morgan fingerprint density at radius 2 is 1.93 bits per heavy atom. The van der Waals surface area contributed by atoms with Crippen LogP contribution in [0.25, 0.3) is 0 Å². The number of pyridine rings is 1. The SMILES string of the molecule is Cc1cccc(Nc2cccc(F)n2)c1. The highest BCUT2D eigenvalue weighted by atomic mass is 19.1. The van der Waals surface area contributed by atoms with Gasteiger partial charge in [0.25, 0.3) is 0 Å². The van der Waals surface area contributed by atoms with Gasteiger partial charge in [-0.15, -0.1) is 0 Å². The molecular formula is C12H11FN2. The Hall–Kier alpha value is -1.90. The summed E-state index contributed by atoms with van der Waals surface area (Å²) in [6, 6.07) is 12.5. The van der Waals surface area contributed by atoms with E-state index < -0.39 is 5.95 Å². The van der Waals surface area contributed by atoms with Crippen LogP contribution in [-0.2, 0) is 0 Å². The predicted molar refractivity (Wildman–Crippen MR) is 58.7 cm³/mol. The van der Waals surface area contributed by atoms with Crippen molar-refractivity contribution < 1.29 is 4.39 Å². The third-order valence-electron chi connectivity index (χ3n) is 2.01. The van der Waals surface area contributed by atoms with Crippen LogP contribution in [0.15, 0.2) is 42.5 Å². The van der Waals surface area contributed by atoms with Crippen LogP contribution in [0.5, 0.6) is 0 Å². The third kappa shape index (κ3) is 2.53. The molecule has 1 N–H and O–H groups in total. The molecule has 0 saturated carbocycles. The van der Waals surface area contributed by atoms with Crippen LogP contribution in [0.4, 0.5) is 15.9 Å². The summed E-state index contributed by atoms with van der Waals surface area (Å²) in [7, 11) is 0. The molecule has 1 heterocycles. The molecule has 1 aromatic heterocycles. The van der Waals surface area contributed by atoms with Crippen LogP contribution in [0.1, 0.15) is 5.56 Å². The van der Waals surface area contributed by atoms with E-state index in [4.69, 9.17) is 0 Å². The van der Waals surface area contributed by atoms with Crippen molar-refractivity contribution in [1.82, 2.24) is 4.98 Å². The van der Waals surface area contributed by atoms with Gasteiger partial charge in [0.15, 0.2) is 0 Å². The highest BCUT2D eigenvalue weighted by Crippen LogP contribution is 2.15. The standard InChI is InChI=1S/C12H11FN2/c1-9-4-2-5-10(8-9)14-12-7-3-6-11(13)15-12/h2-8H,1H3,(H,14,15). The van der Waals surface area contributed by atoms with Crippen molar-refractivity contribution in [2.75, 3.05) is 5.32 Å². The van der Waals surface area contributed by atoms with E-state index >= 15 is 0 Å². The number of aryl methyl sites for hydroxylation is 1. The quantitative estimate of drug-likeness (QED) is 0.756. The van der Waals surface area contributed by atoms with Crippen LogP contribution in [0.3, 0.4) is 0 Å². The Kier molecular flexibility index (Phi) is 2.63. The molecule has 1 aromatic carbocycles. The molecule has 0 atom stereocenters. The molecule has 15 heavy (non-hydrogen) atoms. The zero-order chi connectivity index (χ0) is 10.7. The Morgan fingerprint density at radius 1 is 1.13 bits per heavy atom. The van der Waals surface area contributed by atoms with Crippen molar-refractivity contribution in [3.63, 3.8) is 0 Å². The average Bonchev–Trinajstić information content (AvgIpc) is 2.17. The maximum Gasteiger partial charge on any atom is 0.214 e. The zero-order valence-electron chi connectivity index (χ0n) is 8.37. The predicted octanol–water partition coefficient (Wildman–Crippen LogP) is 3.27. The first-order chi connectivity index (χ1) is 7.24. The molecule has 0 bridgehead atoms. The first-order valence-electron chi connectivity index (χ1n) is 4.70. The topological polar surface area (TPSA) is 24.9 Å². The van der Waals surface area contributed by atoms with E-state index in [0.717, 1.165) is 11.3 Å². The minimum absolute atomic E-state index is 0.479. The smallest absolute Gasteiger partial charge is 0.214 e. The average molecular weight is 202 g/mol. The van der Waals surface area contributed by atoms with Crippen LogP contribution >= 0.6 is 0 Å². The van der Waals surface area contributed by atoms with Crippen LogP contribution in [-0.4, -0.2) is 4.98 Å². The summed E-state index contributed by atoms with van der Waals surface area (Å²) >= 11 is 0. The van der Waals surface area contributed by atoms with Gasteiger partial charge in [0.05, 0.1) is 0 Å². The van der Waals surface area contributed by atoms with Crippen molar-refractivity contribution in [1.29, 1.82) is 0 Å². The highest BCUT2D eigenvalue weighted by Gasteiger charge is 1.97. The Labute approximate surface area is 87.8 Å². The highest BCUT2D eigenvalue weighted by molar-refractivity contribution is 5.56. The van der Waals surface area contributed by atoms with Gasteiger partial charge in [-0.25, -0.2) is 4.98 Å². The molecule has 0 saturated heterocycles. The molecule has 2 nitrogen and oxygen atoms in total. The van der Waals surface area contributed by atoms with Crippen molar-refractivity contribution in [3.05, 3.63) is 54.0 Å². The summed E-state index contributed by atoms with van der Waals surface area (Å²) in [6.07, 6.45) is 0. The van der Waals surface area contributed by atoms with Gasteiger partial charge in [-0.2, -0.15) is 4.39 Å². The first-order valence-corrected chi connectivity index (χ1v) is 4.70. The molecule has 76 valence electrons. The normalized spacial score (nSPS) is 10.0. The van der Waals surface area contributed by atoms with Gasteiger partial charge in [0.2, 0.25) is 5.95 Å². The summed E-state index contributed by atoms with van der Waals surface area (Å²) in [4.78, 5) is 3.72. The monoisotopic (exact) mass is 202 g/mol. The molecule has 3 heteroatoms. The van der Waals surface area contributed by atoms with Crippen LogP contribution < -0.4 is 5.32 Å². The lowest BCUT2D eigenvalue weighted by atomic mass is 10.2. The maximum atomic E-state index is 12.8. The van der Waals surface area contributed by atoms with Gasteiger partial charge in [-0.3, -0.25) is 0 Å². The van der Waals surface area contributed by atoms with Crippen LogP contribution in [0.2, 0.25) is 0 Å². The first kappa shape index (κ1) is 9.65. The molecule has 0 radical (unpaired) electrons. The van der Waals surface area contributed by atoms with Gasteiger partial charge in [-0.05, 0) is 36.8 Å². The van der Waals surface area contributed by atoms with E-state index in [1.54, 1.807) is 12.1 Å². The molecule has 2 aromatic rings. The number of nitrogens with one attached hydrogen (secondary N) is 1. The number of halogens is 1. The summed E-state index contributed by atoms with van der Waals surface area (Å²) in [5, 5.41) is 3.03. The van der Waals surface area contributed by atoms with Gasteiger partial charge in [-0.1, -0.05) is 18.2 Å². The van der Waals surface area contributed by atoms with Crippen molar-refractivity contribution in [2.24, 2.45) is 0 Å². The molecule has 2 rings (SSSR count).